The van der Waals surface area contributed by atoms with Gasteiger partial charge in [-0.15, -0.1) is 0 Å². The standard InChI is InChI=1S/C23H22N2O5/c1-29-16-10-11-19(20(13-16)30-2)24-21(26)14-6-5-7-15(12-14)25-22(27)17-8-3-4-9-18(17)23(25)28/h3-7,10-13,17-18H,8-9H2,1-2H3,(H,24,26)/t17-,18+. The summed E-state index contributed by atoms with van der Waals surface area (Å²) in [6.07, 6.45) is 5.04. The third kappa shape index (κ3) is 3.43. The second-order valence-corrected chi connectivity index (χ2v) is 7.24. The van der Waals surface area contributed by atoms with E-state index in [0.717, 1.165) is 0 Å². The minimum Gasteiger partial charge on any atom is -0.497 e. The van der Waals surface area contributed by atoms with Crippen LogP contribution in [0.1, 0.15) is 23.2 Å². The Morgan fingerprint density at radius 2 is 1.67 bits per heavy atom. The Labute approximate surface area is 174 Å². The molecule has 7 nitrogen and oxygen atoms in total. The van der Waals surface area contributed by atoms with Crippen LogP contribution in [0.5, 0.6) is 11.5 Å². The number of amides is 3. The normalized spacial score (nSPS) is 20.1. The Bertz CT molecular complexity index is 1020. The maximum Gasteiger partial charge on any atom is 0.255 e. The molecule has 0 unspecified atom stereocenters. The monoisotopic (exact) mass is 406 g/mol. The average Bonchev–Trinajstić information content (AvgIpc) is 3.04. The molecular formula is C23H22N2O5. The fraction of sp³-hybridized carbons (Fsp3) is 0.261. The largest absolute Gasteiger partial charge is 0.497 e. The fourth-order valence-electron chi connectivity index (χ4n) is 3.94. The lowest BCUT2D eigenvalue weighted by atomic mass is 9.85. The first-order valence-corrected chi connectivity index (χ1v) is 9.69. The number of nitrogens with one attached hydrogen (secondary N) is 1. The maximum absolute atomic E-state index is 12.8. The van der Waals surface area contributed by atoms with Gasteiger partial charge < -0.3 is 14.8 Å². The van der Waals surface area contributed by atoms with Gasteiger partial charge in [-0.2, -0.15) is 0 Å². The Balaban J connectivity index is 1.57. The van der Waals surface area contributed by atoms with E-state index in [1.54, 1.807) is 49.6 Å². The molecule has 0 aromatic heterocycles. The molecule has 4 rings (SSSR count). The lowest BCUT2D eigenvalue weighted by Crippen LogP contribution is -2.31. The number of fused-ring (bicyclic) bond motifs is 1. The van der Waals surface area contributed by atoms with Crippen molar-refractivity contribution in [3.8, 4) is 11.5 Å². The van der Waals surface area contributed by atoms with Gasteiger partial charge in [0.15, 0.2) is 0 Å². The summed E-state index contributed by atoms with van der Waals surface area (Å²) in [4.78, 5) is 39.7. The van der Waals surface area contributed by atoms with Crippen LogP contribution in [-0.4, -0.2) is 31.9 Å². The zero-order valence-corrected chi connectivity index (χ0v) is 16.8. The second-order valence-electron chi connectivity index (χ2n) is 7.24. The molecule has 1 fully saturated rings. The summed E-state index contributed by atoms with van der Waals surface area (Å²) in [7, 11) is 3.05. The lowest BCUT2D eigenvalue weighted by molar-refractivity contribution is -0.122. The van der Waals surface area contributed by atoms with Gasteiger partial charge in [-0.1, -0.05) is 18.2 Å². The van der Waals surface area contributed by atoms with Crippen molar-refractivity contribution in [3.05, 3.63) is 60.2 Å². The zero-order chi connectivity index (χ0) is 21.3. The van der Waals surface area contributed by atoms with Gasteiger partial charge >= 0.3 is 0 Å². The molecule has 3 amide bonds. The highest BCUT2D eigenvalue weighted by atomic mass is 16.5. The zero-order valence-electron chi connectivity index (χ0n) is 16.8. The Morgan fingerprint density at radius 3 is 2.30 bits per heavy atom. The van der Waals surface area contributed by atoms with Crippen LogP contribution in [0, 0.1) is 11.8 Å². The third-order valence-electron chi connectivity index (χ3n) is 5.53. The van der Waals surface area contributed by atoms with Crippen molar-refractivity contribution >= 4 is 29.1 Å². The number of nitrogens with zero attached hydrogens (tertiary/aromatic N) is 1. The van der Waals surface area contributed by atoms with Crippen LogP contribution in [0.3, 0.4) is 0 Å². The van der Waals surface area contributed by atoms with Crippen LogP contribution in [0.15, 0.2) is 54.6 Å². The second kappa shape index (κ2) is 8.02. The molecule has 7 heteroatoms. The molecule has 2 aliphatic rings. The third-order valence-corrected chi connectivity index (χ3v) is 5.53. The quantitative estimate of drug-likeness (QED) is 0.608. The lowest BCUT2D eigenvalue weighted by Gasteiger charge is -2.16. The predicted octanol–water partition coefficient (Wildman–Crippen LogP) is 3.41. The van der Waals surface area contributed by atoms with E-state index in [-0.39, 0.29) is 29.6 Å². The summed E-state index contributed by atoms with van der Waals surface area (Å²) in [5.41, 5.74) is 1.23. The molecule has 1 aliphatic carbocycles. The van der Waals surface area contributed by atoms with Gasteiger partial charge in [0.25, 0.3) is 5.91 Å². The summed E-state index contributed by atoms with van der Waals surface area (Å²) in [5.74, 6) is -0.354. The molecule has 0 bridgehead atoms. The number of carbonyl (C=O) groups excluding carboxylic acids is 3. The van der Waals surface area contributed by atoms with E-state index in [9.17, 15) is 14.4 Å². The number of hydrogen-bond donors (Lipinski definition) is 1. The highest BCUT2D eigenvalue weighted by molar-refractivity contribution is 6.22. The molecular weight excluding hydrogens is 384 g/mol. The first-order valence-electron chi connectivity index (χ1n) is 9.69. The molecule has 2 aromatic carbocycles. The topological polar surface area (TPSA) is 84.9 Å². The van der Waals surface area contributed by atoms with Gasteiger partial charge in [0, 0.05) is 11.6 Å². The number of anilines is 2. The van der Waals surface area contributed by atoms with Gasteiger partial charge in [-0.3, -0.25) is 19.3 Å². The van der Waals surface area contributed by atoms with Crippen LogP contribution >= 0.6 is 0 Å². The predicted molar refractivity (Wildman–Crippen MR) is 112 cm³/mol. The number of allylic oxidation sites excluding steroid dienone is 2. The maximum atomic E-state index is 12.8. The number of ether oxygens (including phenoxy) is 2. The van der Waals surface area contributed by atoms with Crippen LogP contribution in [-0.2, 0) is 9.59 Å². The van der Waals surface area contributed by atoms with E-state index in [0.29, 0.717) is 41.3 Å². The minimum absolute atomic E-state index is 0.205. The Kier molecular flexibility index (Phi) is 5.27. The van der Waals surface area contributed by atoms with Gasteiger partial charge in [0.1, 0.15) is 11.5 Å². The molecule has 1 aliphatic heterocycles. The number of benzene rings is 2. The molecule has 0 radical (unpaired) electrons. The highest BCUT2D eigenvalue weighted by Gasteiger charge is 2.47. The molecule has 1 N–H and O–H groups in total. The van der Waals surface area contributed by atoms with Crippen molar-refractivity contribution in [2.75, 3.05) is 24.4 Å². The Morgan fingerprint density at radius 1 is 0.967 bits per heavy atom. The van der Waals surface area contributed by atoms with Crippen LogP contribution < -0.4 is 19.7 Å². The van der Waals surface area contributed by atoms with E-state index in [1.165, 1.54) is 12.0 Å². The number of hydrogen-bond acceptors (Lipinski definition) is 5. The van der Waals surface area contributed by atoms with Crippen LogP contribution in [0.4, 0.5) is 11.4 Å². The Hall–Kier alpha value is -3.61. The van der Waals surface area contributed by atoms with Gasteiger partial charge in [-0.05, 0) is 43.2 Å². The number of methoxy groups -OCH3 is 2. The fourth-order valence-corrected chi connectivity index (χ4v) is 3.94. The van der Waals surface area contributed by atoms with Gasteiger partial charge in [0.05, 0.1) is 37.4 Å². The van der Waals surface area contributed by atoms with Crippen molar-refractivity contribution < 1.29 is 23.9 Å². The van der Waals surface area contributed by atoms with Crippen LogP contribution in [0.25, 0.3) is 0 Å². The molecule has 1 saturated heterocycles. The van der Waals surface area contributed by atoms with Crippen molar-refractivity contribution in [3.63, 3.8) is 0 Å². The molecule has 154 valence electrons. The van der Waals surface area contributed by atoms with Crippen molar-refractivity contribution in [2.24, 2.45) is 11.8 Å². The molecule has 2 atom stereocenters. The number of rotatable bonds is 5. The summed E-state index contributed by atoms with van der Waals surface area (Å²) in [6.45, 7) is 0. The average molecular weight is 406 g/mol. The summed E-state index contributed by atoms with van der Waals surface area (Å²) in [6, 6.07) is 11.6. The molecule has 30 heavy (non-hydrogen) atoms. The highest BCUT2D eigenvalue weighted by Crippen LogP contribution is 2.38. The van der Waals surface area contributed by atoms with Crippen molar-refractivity contribution in [2.45, 2.75) is 12.8 Å². The van der Waals surface area contributed by atoms with E-state index in [2.05, 4.69) is 5.32 Å². The summed E-state index contributed by atoms with van der Waals surface area (Å²) >= 11 is 0. The molecule has 1 heterocycles. The summed E-state index contributed by atoms with van der Waals surface area (Å²) in [5, 5.41) is 2.80. The number of imide groups is 1. The molecule has 2 aromatic rings. The smallest absolute Gasteiger partial charge is 0.255 e. The van der Waals surface area contributed by atoms with Crippen molar-refractivity contribution in [1.29, 1.82) is 0 Å². The van der Waals surface area contributed by atoms with Crippen molar-refractivity contribution in [1.82, 2.24) is 0 Å². The van der Waals surface area contributed by atoms with Crippen LogP contribution in [0.2, 0.25) is 0 Å². The first kappa shape index (κ1) is 19.7. The number of carbonyl (C=O) groups is 3. The minimum atomic E-state index is -0.376. The first-order chi connectivity index (χ1) is 14.5. The van der Waals surface area contributed by atoms with Gasteiger partial charge in [-0.25, -0.2) is 0 Å². The molecule has 0 saturated carbocycles. The van der Waals surface area contributed by atoms with Gasteiger partial charge in [0.2, 0.25) is 11.8 Å². The van der Waals surface area contributed by atoms with E-state index in [1.807, 2.05) is 12.2 Å². The molecule has 0 spiro atoms. The summed E-state index contributed by atoms with van der Waals surface area (Å²) < 4.78 is 10.5. The SMILES string of the molecule is COc1ccc(NC(=O)c2cccc(N3C(=O)[C@H]4CC=CC[C@H]4C3=O)c2)c(OC)c1. The van der Waals surface area contributed by atoms with E-state index < -0.39 is 0 Å². The van der Waals surface area contributed by atoms with E-state index in [4.69, 9.17) is 9.47 Å². The van der Waals surface area contributed by atoms with E-state index >= 15 is 0 Å².